The molecule has 2 rings (SSSR count). The Labute approximate surface area is 117 Å². The van der Waals surface area contributed by atoms with Crippen molar-refractivity contribution in [2.75, 3.05) is 24.3 Å². The number of aromatic hydroxyl groups is 1. The molecule has 1 aromatic carbocycles. The number of amides is 1. The van der Waals surface area contributed by atoms with Crippen LogP contribution in [0.4, 0.5) is 11.5 Å². The number of rotatable bonds is 3. The van der Waals surface area contributed by atoms with Gasteiger partial charge in [0.05, 0.1) is 0 Å². The number of phenols is 1. The quantitative estimate of drug-likeness (QED) is 0.841. The Morgan fingerprint density at radius 1 is 1.25 bits per heavy atom. The standard InChI is InChI=1S/C15H17N3O2/c1-10-8-12(19)4-5-13(10)17-15(20)11-6-7-16-14(9-11)18(2)3/h4-9,19H,1-3H3,(H,17,20). The maximum atomic E-state index is 12.2. The highest BCUT2D eigenvalue weighted by Gasteiger charge is 2.09. The molecule has 0 saturated carbocycles. The molecule has 5 nitrogen and oxygen atoms in total. The van der Waals surface area contributed by atoms with Gasteiger partial charge in [-0.1, -0.05) is 0 Å². The second-order valence-corrected chi connectivity index (χ2v) is 4.75. The van der Waals surface area contributed by atoms with E-state index in [0.29, 0.717) is 11.3 Å². The first-order valence-corrected chi connectivity index (χ1v) is 6.21. The predicted molar refractivity (Wildman–Crippen MR) is 79.4 cm³/mol. The molecule has 0 unspecified atom stereocenters. The van der Waals surface area contributed by atoms with Crippen LogP contribution in [0, 0.1) is 6.92 Å². The van der Waals surface area contributed by atoms with Crippen LogP contribution in [-0.2, 0) is 0 Å². The van der Waals surface area contributed by atoms with Crippen LogP contribution in [-0.4, -0.2) is 30.1 Å². The monoisotopic (exact) mass is 271 g/mol. The molecule has 0 radical (unpaired) electrons. The molecule has 0 atom stereocenters. The maximum Gasteiger partial charge on any atom is 0.255 e. The van der Waals surface area contributed by atoms with Crippen molar-refractivity contribution in [2.24, 2.45) is 0 Å². The van der Waals surface area contributed by atoms with Crippen molar-refractivity contribution in [3.63, 3.8) is 0 Å². The van der Waals surface area contributed by atoms with E-state index in [2.05, 4.69) is 10.3 Å². The third-order valence-electron chi connectivity index (χ3n) is 2.92. The van der Waals surface area contributed by atoms with E-state index in [4.69, 9.17) is 0 Å². The number of pyridine rings is 1. The Bertz CT molecular complexity index is 639. The predicted octanol–water partition coefficient (Wildman–Crippen LogP) is 2.41. The van der Waals surface area contributed by atoms with E-state index >= 15 is 0 Å². The van der Waals surface area contributed by atoms with Crippen molar-refractivity contribution in [1.29, 1.82) is 0 Å². The van der Waals surface area contributed by atoms with E-state index < -0.39 is 0 Å². The van der Waals surface area contributed by atoms with E-state index in [1.807, 2.05) is 25.9 Å². The summed E-state index contributed by atoms with van der Waals surface area (Å²) in [6, 6.07) is 8.22. The van der Waals surface area contributed by atoms with Crippen LogP contribution >= 0.6 is 0 Å². The van der Waals surface area contributed by atoms with Crippen LogP contribution in [0.25, 0.3) is 0 Å². The molecule has 1 aromatic heterocycles. The largest absolute Gasteiger partial charge is 0.508 e. The topological polar surface area (TPSA) is 65.5 Å². The fraction of sp³-hybridized carbons (Fsp3) is 0.200. The number of nitrogens with one attached hydrogen (secondary N) is 1. The van der Waals surface area contributed by atoms with E-state index in [0.717, 1.165) is 11.4 Å². The molecule has 0 bridgehead atoms. The van der Waals surface area contributed by atoms with E-state index in [9.17, 15) is 9.90 Å². The fourth-order valence-electron chi connectivity index (χ4n) is 1.79. The molecule has 20 heavy (non-hydrogen) atoms. The lowest BCUT2D eigenvalue weighted by atomic mass is 10.1. The molecule has 0 saturated heterocycles. The number of anilines is 2. The zero-order valence-corrected chi connectivity index (χ0v) is 11.7. The highest BCUT2D eigenvalue weighted by molar-refractivity contribution is 6.05. The van der Waals surface area contributed by atoms with Crippen LogP contribution in [0.15, 0.2) is 36.5 Å². The summed E-state index contributed by atoms with van der Waals surface area (Å²) in [6.07, 6.45) is 1.61. The summed E-state index contributed by atoms with van der Waals surface area (Å²) in [5.74, 6) is 0.698. The molecule has 0 aliphatic carbocycles. The van der Waals surface area contributed by atoms with Gasteiger partial charge in [-0.25, -0.2) is 4.98 Å². The third kappa shape index (κ3) is 3.06. The lowest BCUT2D eigenvalue weighted by Crippen LogP contribution is -2.15. The number of phenolic OH excluding ortho intramolecular Hbond substituents is 1. The van der Waals surface area contributed by atoms with Crippen LogP contribution in [0.2, 0.25) is 0 Å². The fourth-order valence-corrected chi connectivity index (χ4v) is 1.79. The minimum absolute atomic E-state index is 0.180. The lowest BCUT2D eigenvalue weighted by molar-refractivity contribution is 0.102. The molecule has 2 N–H and O–H groups in total. The number of carbonyl (C=O) groups is 1. The molecule has 1 heterocycles. The Balaban J connectivity index is 2.21. The van der Waals surface area contributed by atoms with E-state index in [-0.39, 0.29) is 11.7 Å². The average molecular weight is 271 g/mol. The van der Waals surface area contributed by atoms with Gasteiger partial charge < -0.3 is 15.3 Å². The Hall–Kier alpha value is -2.56. The van der Waals surface area contributed by atoms with E-state index in [1.165, 1.54) is 0 Å². The van der Waals surface area contributed by atoms with Gasteiger partial charge in [0, 0.05) is 31.5 Å². The van der Waals surface area contributed by atoms with Gasteiger partial charge in [0.1, 0.15) is 11.6 Å². The average Bonchev–Trinajstić information content (AvgIpc) is 2.42. The number of aryl methyl sites for hydroxylation is 1. The van der Waals surface area contributed by atoms with Gasteiger partial charge in [-0.2, -0.15) is 0 Å². The minimum Gasteiger partial charge on any atom is -0.508 e. The van der Waals surface area contributed by atoms with Crippen molar-refractivity contribution < 1.29 is 9.90 Å². The first-order chi connectivity index (χ1) is 9.47. The van der Waals surface area contributed by atoms with Crippen molar-refractivity contribution in [1.82, 2.24) is 4.98 Å². The minimum atomic E-state index is -0.204. The number of hydrogen-bond donors (Lipinski definition) is 2. The first kappa shape index (κ1) is 13.9. The molecule has 0 fully saturated rings. The zero-order chi connectivity index (χ0) is 14.7. The number of hydrogen-bond acceptors (Lipinski definition) is 4. The molecular formula is C15H17N3O2. The van der Waals surface area contributed by atoms with Crippen molar-refractivity contribution >= 4 is 17.4 Å². The van der Waals surface area contributed by atoms with E-state index in [1.54, 1.807) is 36.5 Å². The number of aromatic nitrogens is 1. The summed E-state index contributed by atoms with van der Waals surface area (Å²) in [7, 11) is 3.74. The highest BCUT2D eigenvalue weighted by atomic mass is 16.3. The zero-order valence-electron chi connectivity index (χ0n) is 11.7. The van der Waals surface area contributed by atoms with Gasteiger partial charge in [0.2, 0.25) is 0 Å². The molecule has 104 valence electrons. The molecular weight excluding hydrogens is 254 g/mol. The Morgan fingerprint density at radius 3 is 2.65 bits per heavy atom. The third-order valence-corrected chi connectivity index (χ3v) is 2.92. The van der Waals surface area contributed by atoms with Crippen LogP contribution in [0.3, 0.4) is 0 Å². The molecule has 0 aliphatic heterocycles. The van der Waals surface area contributed by atoms with Gasteiger partial charge in [0.15, 0.2) is 0 Å². The van der Waals surface area contributed by atoms with Crippen LogP contribution < -0.4 is 10.2 Å². The molecule has 2 aromatic rings. The molecule has 1 amide bonds. The first-order valence-electron chi connectivity index (χ1n) is 6.21. The van der Waals surface area contributed by atoms with Gasteiger partial charge in [-0.05, 0) is 42.8 Å². The Morgan fingerprint density at radius 2 is 2.00 bits per heavy atom. The van der Waals surface area contributed by atoms with Crippen molar-refractivity contribution in [3.05, 3.63) is 47.7 Å². The summed E-state index contributed by atoms with van der Waals surface area (Å²) in [5, 5.41) is 12.2. The van der Waals surface area contributed by atoms with Crippen molar-refractivity contribution in [3.8, 4) is 5.75 Å². The second-order valence-electron chi connectivity index (χ2n) is 4.75. The Kier molecular flexibility index (Phi) is 3.89. The molecule has 0 spiro atoms. The number of nitrogens with zero attached hydrogens (tertiary/aromatic N) is 2. The summed E-state index contributed by atoms with van der Waals surface area (Å²) in [6.45, 7) is 1.83. The maximum absolute atomic E-state index is 12.2. The summed E-state index contributed by atoms with van der Waals surface area (Å²) >= 11 is 0. The normalized spacial score (nSPS) is 10.2. The number of carbonyl (C=O) groups excluding carboxylic acids is 1. The number of benzene rings is 1. The summed E-state index contributed by atoms with van der Waals surface area (Å²) < 4.78 is 0. The van der Waals surface area contributed by atoms with Crippen LogP contribution in [0.5, 0.6) is 5.75 Å². The lowest BCUT2D eigenvalue weighted by Gasteiger charge is -2.13. The molecule has 5 heteroatoms. The molecule has 0 aliphatic rings. The second kappa shape index (κ2) is 5.61. The smallest absolute Gasteiger partial charge is 0.255 e. The van der Waals surface area contributed by atoms with Gasteiger partial charge in [-0.15, -0.1) is 0 Å². The summed E-state index contributed by atoms with van der Waals surface area (Å²) in [5.41, 5.74) is 2.02. The summed E-state index contributed by atoms with van der Waals surface area (Å²) in [4.78, 5) is 18.2. The van der Waals surface area contributed by atoms with Gasteiger partial charge in [-0.3, -0.25) is 4.79 Å². The SMILES string of the molecule is Cc1cc(O)ccc1NC(=O)c1ccnc(N(C)C)c1. The van der Waals surface area contributed by atoms with Gasteiger partial charge >= 0.3 is 0 Å². The van der Waals surface area contributed by atoms with Gasteiger partial charge in [0.25, 0.3) is 5.91 Å². The van der Waals surface area contributed by atoms with Crippen molar-refractivity contribution in [2.45, 2.75) is 6.92 Å². The van der Waals surface area contributed by atoms with Crippen LogP contribution in [0.1, 0.15) is 15.9 Å². The highest BCUT2D eigenvalue weighted by Crippen LogP contribution is 2.21.